The van der Waals surface area contributed by atoms with E-state index in [1.807, 2.05) is 58.9 Å². The van der Waals surface area contributed by atoms with Crippen molar-refractivity contribution >= 4 is 27.7 Å². The topological polar surface area (TPSA) is 49.4 Å². The number of amides is 2. The minimum atomic E-state index is -0.683. The molecule has 122 valence electrons. The van der Waals surface area contributed by atoms with Crippen LogP contribution in [0.4, 0.5) is 0 Å². The number of rotatable bonds is 4. The Morgan fingerprint density at radius 2 is 1.59 bits per heavy atom. The highest BCUT2D eigenvalue weighted by Crippen LogP contribution is 2.26. The first kappa shape index (κ1) is 18.7. The van der Waals surface area contributed by atoms with Gasteiger partial charge in [0.15, 0.2) is 0 Å². The SMILES string of the molecule is CN(CC(=O)NC(C)(C)C)C(=O)C(C)(C)c1ccc(Br)cc1. The maximum atomic E-state index is 12.7. The zero-order valence-corrected chi connectivity index (χ0v) is 15.7. The second-order valence-corrected chi connectivity index (χ2v) is 8.01. The average Bonchev–Trinajstić information content (AvgIpc) is 2.35. The molecule has 5 heteroatoms. The lowest BCUT2D eigenvalue weighted by Crippen LogP contribution is -2.49. The van der Waals surface area contributed by atoms with Crippen LogP contribution >= 0.6 is 15.9 Å². The second kappa shape index (κ2) is 6.82. The quantitative estimate of drug-likeness (QED) is 0.887. The predicted molar refractivity (Wildman–Crippen MR) is 92.7 cm³/mol. The zero-order valence-electron chi connectivity index (χ0n) is 14.2. The van der Waals surface area contributed by atoms with Gasteiger partial charge in [-0.25, -0.2) is 0 Å². The molecule has 1 N–H and O–H groups in total. The van der Waals surface area contributed by atoms with Crippen LogP contribution in [-0.2, 0) is 15.0 Å². The van der Waals surface area contributed by atoms with E-state index in [1.165, 1.54) is 4.90 Å². The van der Waals surface area contributed by atoms with Crippen LogP contribution in [0.1, 0.15) is 40.2 Å². The minimum absolute atomic E-state index is 0.0516. The van der Waals surface area contributed by atoms with Crippen molar-refractivity contribution in [2.24, 2.45) is 0 Å². The number of likely N-dealkylation sites (N-methyl/N-ethyl adjacent to an activating group) is 1. The highest BCUT2D eigenvalue weighted by Gasteiger charge is 2.33. The number of halogens is 1. The molecule has 1 aromatic carbocycles. The Hall–Kier alpha value is -1.36. The van der Waals surface area contributed by atoms with Crippen LogP contribution < -0.4 is 5.32 Å². The number of nitrogens with zero attached hydrogens (tertiary/aromatic N) is 1. The molecule has 1 rings (SSSR count). The summed E-state index contributed by atoms with van der Waals surface area (Å²) in [6, 6.07) is 7.67. The van der Waals surface area contributed by atoms with Gasteiger partial charge in [-0.1, -0.05) is 28.1 Å². The van der Waals surface area contributed by atoms with Crippen molar-refractivity contribution < 1.29 is 9.59 Å². The van der Waals surface area contributed by atoms with Crippen molar-refractivity contribution in [2.75, 3.05) is 13.6 Å². The van der Waals surface area contributed by atoms with Gasteiger partial charge in [-0.15, -0.1) is 0 Å². The van der Waals surface area contributed by atoms with Crippen molar-refractivity contribution in [1.29, 1.82) is 0 Å². The Balaban J connectivity index is 2.80. The average molecular weight is 369 g/mol. The zero-order chi connectivity index (χ0) is 17.1. The number of hydrogen-bond acceptors (Lipinski definition) is 2. The fraction of sp³-hybridized carbons (Fsp3) is 0.529. The molecule has 0 unspecified atom stereocenters. The molecule has 0 bridgehead atoms. The maximum Gasteiger partial charge on any atom is 0.240 e. The monoisotopic (exact) mass is 368 g/mol. The number of nitrogens with one attached hydrogen (secondary N) is 1. The van der Waals surface area contributed by atoms with Gasteiger partial charge in [0.25, 0.3) is 0 Å². The van der Waals surface area contributed by atoms with Crippen LogP contribution in [0.3, 0.4) is 0 Å². The van der Waals surface area contributed by atoms with Crippen molar-refractivity contribution in [3.8, 4) is 0 Å². The van der Waals surface area contributed by atoms with E-state index in [1.54, 1.807) is 7.05 Å². The maximum absolute atomic E-state index is 12.7. The Kier molecular flexibility index (Phi) is 5.79. The first-order chi connectivity index (χ1) is 9.93. The normalized spacial score (nSPS) is 12.0. The molecule has 1 aromatic rings. The van der Waals surface area contributed by atoms with Crippen LogP contribution in [0.15, 0.2) is 28.7 Å². The lowest BCUT2D eigenvalue weighted by atomic mass is 9.83. The third-order valence-corrected chi connectivity index (χ3v) is 3.87. The molecule has 0 saturated carbocycles. The summed E-state index contributed by atoms with van der Waals surface area (Å²) in [5.41, 5.74) is -0.0663. The summed E-state index contributed by atoms with van der Waals surface area (Å²) in [4.78, 5) is 26.1. The molecule has 0 aliphatic carbocycles. The van der Waals surface area contributed by atoms with Crippen LogP contribution in [0.25, 0.3) is 0 Å². The molecule has 2 amide bonds. The number of carbonyl (C=O) groups is 2. The summed E-state index contributed by atoms with van der Waals surface area (Å²) in [6.07, 6.45) is 0. The Morgan fingerprint density at radius 3 is 2.05 bits per heavy atom. The van der Waals surface area contributed by atoms with Crippen molar-refractivity contribution in [2.45, 2.75) is 45.6 Å². The molecule has 4 nitrogen and oxygen atoms in total. The molecule has 0 radical (unpaired) electrons. The van der Waals surface area contributed by atoms with Gasteiger partial charge in [0.2, 0.25) is 11.8 Å². The molecular formula is C17H25BrN2O2. The first-order valence-electron chi connectivity index (χ1n) is 7.26. The fourth-order valence-corrected chi connectivity index (χ4v) is 2.48. The fourth-order valence-electron chi connectivity index (χ4n) is 2.21. The van der Waals surface area contributed by atoms with E-state index >= 15 is 0 Å². The van der Waals surface area contributed by atoms with Crippen LogP contribution in [0.2, 0.25) is 0 Å². The van der Waals surface area contributed by atoms with Gasteiger partial charge in [-0.05, 0) is 52.3 Å². The number of benzene rings is 1. The Labute approximate surface area is 141 Å². The summed E-state index contributed by atoms with van der Waals surface area (Å²) in [7, 11) is 1.66. The molecule has 0 spiro atoms. The van der Waals surface area contributed by atoms with E-state index in [-0.39, 0.29) is 23.9 Å². The van der Waals surface area contributed by atoms with E-state index in [0.29, 0.717) is 0 Å². The van der Waals surface area contributed by atoms with Gasteiger partial charge in [0, 0.05) is 17.1 Å². The molecule has 0 fully saturated rings. The van der Waals surface area contributed by atoms with Gasteiger partial charge >= 0.3 is 0 Å². The van der Waals surface area contributed by atoms with E-state index in [4.69, 9.17) is 0 Å². The number of hydrogen-bond donors (Lipinski definition) is 1. The molecule has 0 aliphatic rings. The van der Waals surface area contributed by atoms with Gasteiger partial charge in [0.1, 0.15) is 0 Å². The summed E-state index contributed by atoms with van der Waals surface area (Å²) in [6.45, 7) is 9.54. The predicted octanol–water partition coefficient (Wildman–Crippen LogP) is 3.10. The highest BCUT2D eigenvalue weighted by atomic mass is 79.9. The molecule has 0 aliphatic heterocycles. The largest absolute Gasteiger partial charge is 0.350 e. The first-order valence-corrected chi connectivity index (χ1v) is 8.05. The van der Waals surface area contributed by atoms with Crippen molar-refractivity contribution in [3.05, 3.63) is 34.3 Å². The molecule has 0 heterocycles. The van der Waals surface area contributed by atoms with Crippen molar-refractivity contribution in [3.63, 3.8) is 0 Å². The van der Waals surface area contributed by atoms with E-state index in [2.05, 4.69) is 21.2 Å². The van der Waals surface area contributed by atoms with Crippen LogP contribution in [0.5, 0.6) is 0 Å². The third-order valence-electron chi connectivity index (χ3n) is 3.34. The summed E-state index contributed by atoms with van der Waals surface area (Å²) < 4.78 is 0.970. The van der Waals surface area contributed by atoms with Crippen LogP contribution in [0, 0.1) is 0 Å². The Bertz CT molecular complexity index is 545. The molecule has 0 saturated heterocycles. The molecule has 0 aromatic heterocycles. The third kappa shape index (κ3) is 5.13. The summed E-state index contributed by atoms with van der Waals surface area (Å²) in [5, 5.41) is 2.86. The minimum Gasteiger partial charge on any atom is -0.350 e. The summed E-state index contributed by atoms with van der Waals surface area (Å²) in [5.74, 6) is -0.242. The van der Waals surface area contributed by atoms with E-state index < -0.39 is 5.41 Å². The molecule has 22 heavy (non-hydrogen) atoms. The molecular weight excluding hydrogens is 344 g/mol. The van der Waals surface area contributed by atoms with Gasteiger partial charge in [0.05, 0.1) is 12.0 Å². The van der Waals surface area contributed by atoms with Gasteiger partial charge < -0.3 is 10.2 Å². The highest BCUT2D eigenvalue weighted by molar-refractivity contribution is 9.10. The van der Waals surface area contributed by atoms with Gasteiger partial charge in [-0.2, -0.15) is 0 Å². The lowest BCUT2D eigenvalue weighted by molar-refractivity contribution is -0.139. The van der Waals surface area contributed by atoms with Gasteiger partial charge in [-0.3, -0.25) is 9.59 Å². The summed E-state index contributed by atoms with van der Waals surface area (Å²) >= 11 is 3.39. The van der Waals surface area contributed by atoms with E-state index in [9.17, 15) is 9.59 Å². The lowest BCUT2D eigenvalue weighted by Gasteiger charge is -2.30. The van der Waals surface area contributed by atoms with E-state index in [0.717, 1.165) is 10.0 Å². The van der Waals surface area contributed by atoms with Crippen molar-refractivity contribution in [1.82, 2.24) is 10.2 Å². The molecule has 0 atom stereocenters. The standard InChI is InChI=1S/C17H25BrN2O2/c1-16(2,3)19-14(21)11-20(6)15(22)17(4,5)12-7-9-13(18)10-8-12/h7-10H,11H2,1-6H3,(H,19,21). The number of carbonyl (C=O) groups excluding carboxylic acids is 2. The second-order valence-electron chi connectivity index (χ2n) is 7.09. The Morgan fingerprint density at radius 1 is 1.09 bits per heavy atom. The van der Waals surface area contributed by atoms with Crippen LogP contribution in [-0.4, -0.2) is 35.8 Å². The smallest absolute Gasteiger partial charge is 0.240 e.